The van der Waals surface area contributed by atoms with E-state index in [9.17, 15) is 39.6 Å². The number of fused-ring (bicyclic) bond motifs is 1. The molecule has 1 fully saturated rings. The fourth-order valence-corrected chi connectivity index (χ4v) is 5.92. The number of hydrogen-bond acceptors (Lipinski definition) is 5. The van der Waals surface area contributed by atoms with Gasteiger partial charge in [0.05, 0.1) is 23.4 Å². The zero-order valence-corrected chi connectivity index (χ0v) is 23.7. The molecule has 236 valence electrons. The Morgan fingerprint density at radius 1 is 1.07 bits per heavy atom. The number of H-pyrrole nitrogens is 1. The number of benzene rings is 2. The second-order valence-electron chi connectivity index (χ2n) is 9.85. The van der Waals surface area contributed by atoms with Crippen LogP contribution in [0, 0.1) is 0 Å². The number of nitrogens with zero attached hydrogens (tertiary/aromatic N) is 1. The van der Waals surface area contributed by atoms with Crippen LogP contribution < -0.4 is 11.1 Å². The first-order valence-corrected chi connectivity index (χ1v) is 14.6. The van der Waals surface area contributed by atoms with Crippen molar-refractivity contribution in [3.05, 3.63) is 59.3 Å². The smallest absolute Gasteiger partial charge is 0.475 e. The minimum absolute atomic E-state index is 0.0485. The average Bonchev–Trinajstić information content (AvgIpc) is 3.36. The van der Waals surface area contributed by atoms with Crippen LogP contribution in [-0.2, 0) is 21.4 Å². The summed E-state index contributed by atoms with van der Waals surface area (Å²) in [6, 6.07) is 10.8. The molecule has 5 N–H and O–H groups in total. The van der Waals surface area contributed by atoms with Crippen LogP contribution in [0.3, 0.4) is 0 Å². The third-order valence-corrected chi connectivity index (χ3v) is 8.78. The highest BCUT2D eigenvalue weighted by Crippen LogP contribution is 2.37. The van der Waals surface area contributed by atoms with Gasteiger partial charge in [0, 0.05) is 31.2 Å². The number of nitrogens with one attached hydrogen (secondary N) is 2. The maximum absolute atomic E-state index is 12.5. The third-order valence-electron chi connectivity index (χ3n) is 6.90. The van der Waals surface area contributed by atoms with Crippen molar-refractivity contribution in [2.75, 3.05) is 25.4 Å². The lowest BCUT2D eigenvalue weighted by molar-refractivity contribution is -0.192. The van der Waals surface area contributed by atoms with Gasteiger partial charge in [-0.3, -0.25) is 4.79 Å². The first-order valence-electron chi connectivity index (χ1n) is 13.0. The molecule has 0 saturated carbocycles. The molecule has 3 aromatic rings. The Morgan fingerprint density at radius 2 is 1.70 bits per heavy atom. The number of carboxylic acids is 1. The first-order chi connectivity index (χ1) is 19.9. The van der Waals surface area contributed by atoms with Gasteiger partial charge in [-0.2, -0.15) is 26.3 Å². The van der Waals surface area contributed by atoms with Gasteiger partial charge < -0.3 is 21.1 Å². The number of alkyl halides is 6. The Hall–Kier alpha value is -3.63. The van der Waals surface area contributed by atoms with Crippen LogP contribution in [0.25, 0.3) is 22.0 Å². The number of aromatic amines is 1. The van der Waals surface area contributed by atoms with Crippen LogP contribution >= 0.6 is 0 Å². The van der Waals surface area contributed by atoms with Gasteiger partial charge in [0.25, 0.3) is 5.91 Å². The summed E-state index contributed by atoms with van der Waals surface area (Å²) in [7, 11) is -3.24. The molecular weight excluding hydrogens is 606 g/mol. The summed E-state index contributed by atoms with van der Waals surface area (Å²) in [4.78, 5) is 24.4. The number of sulfonamides is 1. The number of amides is 1. The summed E-state index contributed by atoms with van der Waals surface area (Å²) in [5.74, 6) is -3.17. The quantitative estimate of drug-likeness (QED) is 0.263. The highest BCUT2D eigenvalue weighted by atomic mass is 32.2. The summed E-state index contributed by atoms with van der Waals surface area (Å²) in [6.07, 6.45) is -6.21. The number of rotatable bonds is 8. The summed E-state index contributed by atoms with van der Waals surface area (Å²) in [6.45, 7) is 1.47. The van der Waals surface area contributed by atoms with E-state index < -0.39 is 40.8 Å². The van der Waals surface area contributed by atoms with Crippen molar-refractivity contribution in [3.8, 4) is 11.1 Å². The Bertz CT molecular complexity index is 1560. The summed E-state index contributed by atoms with van der Waals surface area (Å²) in [5.41, 5.74) is 9.76. The minimum atomic E-state index is -5.08. The van der Waals surface area contributed by atoms with E-state index in [1.165, 1.54) is 4.31 Å². The van der Waals surface area contributed by atoms with Gasteiger partial charge in [-0.25, -0.2) is 17.5 Å². The molecule has 16 heteroatoms. The molecule has 2 aromatic carbocycles. The first kappa shape index (κ1) is 33.9. The van der Waals surface area contributed by atoms with Crippen molar-refractivity contribution in [3.63, 3.8) is 0 Å². The van der Waals surface area contributed by atoms with Crippen molar-refractivity contribution in [2.45, 2.75) is 44.6 Å². The normalized spacial score (nSPS) is 15.2. The zero-order valence-electron chi connectivity index (χ0n) is 22.8. The van der Waals surface area contributed by atoms with Crippen LogP contribution in [0.4, 0.5) is 26.3 Å². The summed E-state index contributed by atoms with van der Waals surface area (Å²) >= 11 is 0. The van der Waals surface area contributed by atoms with E-state index in [0.29, 0.717) is 42.6 Å². The highest BCUT2D eigenvalue weighted by molar-refractivity contribution is 7.89. The lowest BCUT2D eigenvalue weighted by Crippen LogP contribution is -2.38. The van der Waals surface area contributed by atoms with Gasteiger partial charge in [-0.15, -0.1) is 0 Å². The maximum Gasteiger partial charge on any atom is 0.490 e. The number of hydrogen-bond donors (Lipinski definition) is 4. The molecule has 2 heterocycles. The molecule has 1 aliphatic rings. The van der Waals surface area contributed by atoms with E-state index in [1.807, 2.05) is 18.3 Å². The number of carbonyl (C=O) groups excluding carboxylic acids is 1. The monoisotopic (exact) mass is 636 g/mol. The molecule has 0 bridgehead atoms. The molecule has 1 aromatic heterocycles. The molecule has 0 spiro atoms. The van der Waals surface area contributed by atoms with Crippen LogP contribution in [0.15, 0.2) is 42.6 Å². The highest BCUT2D eigenvalue weighted by Gasteiger charge is 2.38. The molecule has 0 aliphatic carbocycles. The predicted octanol–water partition coefficient (Wildman–Crippen LogP) is 4.75. The molecular formula is C27H30F6N4O5S. The number of nitrogens with two attached hydrogens (primary N) is 1. The number of aromatic nitrogens is 1. The Labute approximate surface area is 243 Å². The molecule has 43 heavy (non-hydrogen) atoms. The molecule has 0 unspecified atom stereocenters. The van der Waals surface area contributed by atoms with Gasteiger partial charge in [-0.05, 0) is 66.1 Å². The van der Waals surface area contributed by atoms with Gasteiger partial charge in [0.15, 0.2) is 0 Å². The van der Waals surface area contributed by atoms with Gasteiger partial charge in [-0.1, -0.05) is 18.2 Å². The standard InChI is InChI=1S/C25H29F3N4O3S.C2HF3O2/c1-2-36(34,35)32-8-6-17(7-9-32)22-14-31-23-20(22)11-19(12-21(23)24(29)33)18-5-3-4-16(10-18)13-30-15-25(26,27)28;3-2(4,5)1(6)7/h3-5,10-12,14,17,30-31H,2,6-9,13,15H2,1H3,(H2,29,33);(H,6,7). The summed E-state index contributed by atoms with van der Waals surface area (Å²) < 4.78 is 95.2. The minimum Gasteiger partial charge on any atom is -0.475 e. The SMILES string of the molecule is CCS(=O)(=O)N1CCC(c2c[nH]c3c(C(N)=O)cc(-c4cccc(CNCC(F)(F)F)c4)cc23)CC1.O=C(O)C(F)(F)F. The van der Waals surface area contributed by atoms with Crippen molar-refractivity contribution < 1.29 is 49.5 Å². The van der Waals surface area contributed by atoms with Crippen LogP contribution in [-0.4, -0.2) is 72.4 Å². The lowest BCUT2D eigenvalue weighted by Gasteiger charge is -2.31. The number of primary amides is 1. The molecule has 1 saturated heterocycles. The summed E-state index contributed by atoms with van der Waals surface area (Å²) in [5, 5.41) is 10.4. The van der Waals surface area contributed by atoms with E-state index in [0.717, 1.165) is 22.1 Å². The molecule has 1 amide bonds. The number of carboxylic acid groups (broad SMARTS) is 1. The van der Waals surface area contributed by atoms with Gasteiger partial charge in [0.1, 0.15) is 0 Å². The van der Waals surface area contributed by atoms with E-state index in [1.54, 1.807) is 31.2 Å². The van der Waals surface area contributed by atoms with Gasteiger partial charge >= 0.3 is 18.3 Å². The fourth-order valence-electron chi connectivity index (χ4n) is 4.79. The Kier molecular flexibility index (Phi) is 10.5. The lowest BCUT2D eigenvalue weighted by atomic mass is 9.88. The van der Waals surface area contributed by atoms with E-state index >= 15 is 0 Å². The molecule has 0 atom stereocenters. The van der Waals surface area contributed by atoms with Crippen LogP contribution in [0.1, 0.15) is 47.2 Å². The Morgan fingerprint density at radius 3 is 2.23 bits per heavy atom. The fraction of sp³-hybridized carbons (Fsp3) is 0.407. The molecule has 0 radical (unpaired) electrons. The van der Waals surface area contributed by atoms with E-state index in [4.69, 9.17) is 15.6 Å². The van der Waals surface area contributed by atoms with Gasteiger partial charge in [0.2, 0.25) is 10.0 Å². The number of carbonyl (C=O) groups is 2. The maximum atomic E-state index is 12.5. The molecule has 1 aliphatic heterocycles. The number of piperidine rings is 1. The van der Waals surface area contributed by atoms with Crippen LogP contribution in [0.2, 0.25) is 0 Å². The van der Waals surface area contributed by atoms with Crippen molar-refractivity contribution in [1.29, 1.82) is 0 Å². The Balaban J connectivity index is 0.000000646. The average molecular weight is 637 g/mol. The third kappa shape index (κ3) is 8.93. The van der Waals surface area contributed by atoms with Crippen molar-refractivity contribution in [1.82, 2.24) is 14.6 Å². The number of aliphatic carboxylic acids is 1. The second kappa shape index (κ2) is 13.3. The van der Waals surface area contributed by atoms with Crippen molar-refractivity contribution in [2.24, 2.45) is 5.73 Å². The zero-order chi connectivity index (χ0) is 32.2. The van der Waals surface area contributed by atoms with E-state index in [2.05, 4.69) is 10.3 Å². The predicted molar refractivity (Wildman–Crippen MR) is 147 cm³/mol. The largest absolute Gasteiger partial charge is 0.490 e. The van der Waals surface area contributed by atoms with Crippen LogP contribution in [0.5, 0.6) is 0 Å². The topological polar surface area (TPSA) is 146 Å². The number of halogens is 6. The van der Waals surface area contributed by atoms with Crippen molar-refractivity contribution >= 4 is 32.8 Å². The molecule has 4 rings (SSSR count). The molecule has 9 nitrogen and oxygen atoms in total. The van der Waals surface area contributed by atoms with E-state index in [-0.39, 0.29) is 18.2 Å². The second-order valence-corrected chi connectivity index (χ2v) is 12.1.